The monoisotopic (exact) mass is 332 g/mol. The van der Waals surface area contributed by atoms with Gasteiger partial charge in [-0.3, -0.25) is 4.79 Å². The van der Waals surface area contributed by atoms with Gasteiger partial charge in [-0.15, -0.1) is 5.10 Å². The highest BCUT2D eigenvalue weighted by atomic mass is 32.1. The van der Waals surface area contributed by atoms with Crippen molar-refractivity contribution in [3.8, 4) is 0 Å². The number of anilines is 1. The average molecular weight is 332 g/mol. The lowest BCUT2D eigenvalue weighted by atomic mass is 9.84. The van der Waals surface area contributed by atoms with E-state index in [-0.39, 0.29) is 5.56 Å². The molecule has 0 saturated heterocycles. The number of aryl methyl sites for hydroxylation is 1. The molecule has 1 N–H and O–H groups in total. The maximum absolute atomic E-state index is 12.2. The van der Waals surface area contributed by atoms with Crippen LogP contribution in [0.1, 0.15) is 51.6 Å². The van der Waals surface area contributed by atoms with Crippen LogP contribution in [0.2, 0.25) is 0 Å². The maximum Gasteiger partial charge on any atom is 0.275 e. The third-order valence-corrected chi connectivity index (χ3v) is 6.43. The third kappa shape index (κ3) is 2.77. The summed E-state index contributed by atoms with van der Waals surface area (Å²) in [7, 11) is 0. The lowest BCUT2D eigenvalue weighted by molar-refractivity contribution is 0.304. The van der Waals surface area contributed by atoms with Crippen LogP contribution in [-0.4, -0.2) is 20.6 Å². The van der Waals surface area contributed by atoms with Crippen molar-refractivity contribution in [1.29, 1.82) is 0 Å². The van der Waals surface area contributed by atoms with Gasteiger partial charge in [-0.2, -0.15) is 4.52 Å². The average Bonchev–Trinajstić information content (AvgIpc) is 3.21. The minimum Gasteiger partial charge on any atom is -0.357 e. The molecular formula is C17H24N4OS. The van der Waals surface area contributed by atoms with Crippen LogP contribution < -0.4 is 10.9 Å². The van der Waals surface area contributed by atoms with Crippen molar-refractivity contribution in [1.82, 2.24) is 14.6 Å². The highest BCUT2D eigenvalue weighted by molar-refractivity contribution is 7.20. The van der Waals surface area contributed by atoms with E-state index in [0.717, 1.165) is 41.4 Å². The number of nitrogens with one attached hydrogen (secondary N) is 1. The molecule has 5 nitrogen and oxygen atoms in total. The van der Waals surface area contributed by atoms with Gasteiger partial charge in [-0.1, -0.05) is 31.1 Å². The Kier molecular flexibility index (Phi) is 3.87. The van der Waals surface area contributed by atoms with Crippen LogP contribution in [0.25, 0.3) is 4.96 Å². The van der Waals surface area contributed by atoms with Crippen molar-refractivity contribution in [3.05, 3.63) is 22.1 Å². The second-order valence-electron chi connectivity index (χ2n) is 7.21. The Morgan fingerprint density at radius 1 is 1.43 bits per heavy atom. The zero-order valence-electron chi connectivity index (χ0n) is 13.8. The lowest BCUT2D eigenvalue weighted by Gasteiger charge is -2.28. The van der Waals surface area contributed by atoms with Crippen LogP contribution in [0.5, 0.6) is 0 Å². The SMILES string of the molecule is CCCc1cc(=O)n2nc(NC(C)C3CC4CCC3C4)sc2n1. The number of nitrogens with zero attached hydrogens (tertiary/aromatic N) is 3. The van der Waals surface area contributed by atoms with Crippen LogP contribution in [0, 0.1) is 17.8 Å². The first-order chi connectivity index (χ1) is 11.1. The van der Waals surface area contributed by atoms with E-state index in [0.29, 0.717) is 11.0 Å². The second-order valence-corrected chi connectivity index (χ2v) is 8.17. The Morgan fingerprint density at radius 2 is 2.30 bits per heavy atom. The van der Waals surface area contributed by atoms with Gasteiger partial charge < -0.3 is 5.32 Å². The first-order valence-electron chi connectivity index (χ1n) is 8.80. The fourth-order valence-corrected chi connectivity index (χ4v) is 5.43. The van der Waals surface area contributed by atoms with Gasteiger partial charge in [0.15, 0.2) is 0 Å². The molecule has 4 rings (SSSR count). The van der Waals surface area contributed by atoms with Crippen LogP contribution in [0.4, 0.5) is 5.13 Å². The van der Waals surface area contributed by atoms with Gasteiger partial charge in [0.1, 0.15) is 0 Å². The van der Waals surface area contributed by atoms with Gasteiger partial charge >= 0.3 is 0 Å². The summed E-state index contributed by atoms with van der Waals surface area (Å²) < 4.78 is 1.43. The van der Waals surface area contributed by atoms with Gasteiger partial charge in [0.25, 0.3) is 5.56 Å². The van der Waals surface area contributed by atoms with Crippen LogP contribution in [0.15, 0.2) is 10.9 Å². The van der Waals surface area contributed by atoms with E-state index in [4.69, 9.17) is 0 Å². The Bertz CT molecular complexity index is 768. The zero-order chi connectivity index (χ0) is 16.0. The lowest BCUT2D eigenvalue weighted by Crippen LogP contribution is -2.30. The van der Waals surface area contributed by atoms with E-state index < -0.39 is 0 Å². The molecule has 2 saturated carbocycles. The van der Waals surface area contributed by atoms with E-state index in [1.807, 2.05) is 0 Å². The summed E-state index contributed by atoms with van der Waals surface area (Å²) >= 11 is 1.49. The molecule has 124 valence electrons. The summed E-state index contributed by atoms with van der Waals surface area (Å²) in [6.45, 7) is 4.36. The molecule has 0 radical (unpaired) electrons. The number of hydrogen-bond donors (Lipinski definition) is 1. The molecule has 2 fully saturated rings. The van der Waals surface area contributed by atoms with Crippen molar-refractivity contribution < 1.29 is 0 Å². The Labute approximate surface area is 140 Å². The summed E-state index contributed by atoms with van der Waals surface area (Å²) in [6.07, 6.45) is 7.42. The van der Waals surface area contributed by atoms with E-state index in [9.17, 15) is 4.79 Å². The van der Waals surface area contributed by atoms with Crippen molar-refractivity contribution in [2.75, 3.05) is 5.32 Å². The van der Waals surface area contributed by atoms with Crippen LogP contribution in [-0.2, 0) is 6.42 Å². The largest absolute Gasteiger partial charge is 0.357 e. The molecule has 0 aliphatic heterocycles. The fourth-order valence-electron chi connectivity index (χ4n) is 4.51. The molecule has 2 bridgehead atoms. The van der Waals surface area contributed by atoms with E-state index in [1.54, 1.807) is 6.07 Å². The van der Waals surface area contributed by atoms with Gasteiger partial charge in [0.05, 0.1) is 0 Å². The second kappa shape index (κ2) is 5.89. The van der Waals surface area contributed by atoms with Crippen molar-refractivity contribution in [2.24, 2.45) is 17.8 Å². The van der Waals surface area contributed by atoms with E-state index in [2.05, 4.69) is 29.2 Å². The molecule has 2 aliphatic rings. The van der Waals surface area contributed by atoms with Crippen molar-refractivity contribution in [3.63, 3.8) is 0 Å². The summed E-state index contributed by atoms with van der Waals surface area (Å²) in [4.78, 5) is 17.4. The maximum atomic E-state index is 12.2. The predicted molar refractivity (Wildman–Crippen MR) is 93.2 cm³/mol. The predicted octanol–water partition coefficient (Wildman–Crippen LogP) is 3.34. The number of hydrogen-bond acceptors (Lipinski definition) is 5. The van der Waals surface area contributed by atoms with Gasteiger partial charge in [-0.25, -0.2) is 4.98 Å². The summed E-state index contributed by atoms with van der Waals surface area (Å²) in [5.41, 5.74) is 0.796. The highest BCUT2D eigenvalue weighted by Gasteiger charge is 2.41. The Hall–Kier alpha value is -1.43. The molecule has 2 aromatic rings. The Balaban J connectivity index is 1.55. The molecule has 2 heterocycles. The quantitative estimate of drug-likeness (QED) is 0.912. The molecule has 23 heavy (non-hydrogen) atoms. The molecule has 2 aliphatic carbocycles. The normalized spacial score (nSPS) is 27.7. The molecule has 4 atom stereocenters. The molecule has 0 amide bonds. The minimum atomic E-state index is -0.0738. The van der Waals surface area contributed by atoms with Crippen molar-refractivity contribution in [2.45, 2.75) is 58.4 Å². The minimum absolute atomic E-state index is 0.0738. The van der Waals surface area contributed by atoms with Gasteiger partial charge in [-0.05, 0) is 50.4 Å². The number of aromatic nitrogens is 3. The molecule has 4 unspecified atom stereocenters. The van der Waals surface area contributed by atoms with Gasteiger partial charge in [0, 0.05) is 17.8 Å². The topological polar surface area (TPSA) is 59.3 Å². The molecule has 0 aromatic carbocycles. The molecular weight excluding hydrogens is 308 g/mol. The summed E-state index contributed by atoms with van der Waals surface area (Å²) in [5.74, 6) is 2.58. The fraction of sp³-hybridized carbons (Fsp3) is 0.706. The number of fused-ring (bicyclic) bond motifs is 3. The zero-order valence-corrected chi connectivity index (χ0v) is 14.6. The number of rotatable bonds is 5. The standard InChI is InChI=1S/C17H24N4OS/c1-3-4-13-9-15(22)21-17(19-13)23-16(20-21)18-10(2)14-8-11-5-6-12(14)7-11/h9-12,14H,3-8H2,1-2H3,(H,18,20). The highest BCUT2D eigenvalue weighted by Crippen LogP contribution is 2.49. The summed E-state index contributed by atoms with van der Waals surface area (Å²) in [5, 5.41) is 8.80. The van der Waals surface area contributed by atoms with Gasteiger partial charge in [0.2, 0.25) is 10.1 Å². The van der Waals surface area contributed by atoms with E-state index in [1.165, 1.54) is 41.5 Å². The molecule has 2 aromatic heterocycles. The van der Waals surface area contributed by atoms with E-state index >= 15 is 0 Å². The third-order valence-electron chi connectivity index (χ3n) is 5.59. The van der Waals surface area contributed by atoms with Crippen molar-refractivity contribution >= 4 is 21.4 Å². The Morgan fingerprint density at radius 3 is 3.00 bits per heavy atom. The molecule has 0 spiro atoms. The first-order valence-corrected chi connectivity index (χ1v) is 9.62. The van der Waals surface area contributed by atoms with Crippen LogP contribution >= 0.6 is 11.3 Å². The molecule has 6 heteroatoms. The van der Waals surface area contributed by atoms with Crippen LogP contribution in [0.3, 0.4) is 0 Å². The summed E-state index contributed by atoms with van der Waals surface area (Å²) in [6, 6.07) is 2.02. The smallest absolute Gasteiger partial charge is 0.275 e. The first kappa shape index (κ1) is 15.1.